The number of benzene rings is 1. The van der Waals surface area contributed by atoms with E-state index in [9.17, 15) is 0 Å². The maximum atomic E-state index is 5.99. The fourth-order valence-corrected chi connectivity index (χ4v) is 2.59. The molecule has 6 heteroatoms. The lowest BCUT2D eigenvalue weighted by Crippen LogP contribution is -2.32. The highest BCUT2D eigenvalue weighted by Gasteiger charge is 2.06. The molecule has 3 N–H and O–H groups in total. The summed E-state index contributed by atoms with van der Waals surface area (Å²) < 4.78 is 0. The molecule has 0 saturated heterocycles. The molecule has 25 heavy (non-hydrogen) atoms. The average Bonchev–Trinajstić information content (AvgIpc) is 2.59. The Hall–Kier alpha value is -1.57. The minimum atomic E-state index is 0. The van der Waals surface area contributed by atoms with E-state index in [4.69, 9.17) is 5.73 Å². The van der Waals surface area contributed by atoms with Crippen LogP contribution in [0.5, 0.6) is 0 Å². The molecule has 1 heterocycles. The van der Waals surface area contributed by atoms with Crippen molar-refractivity contribution in [3.05, 3.63) is 35.9 Å². The van der Waals surface area contributed by atoms with Crippen molar-refractivity contribution in [3.8, 4) is 0 Å². The highest BCUT2D eigenvalue weighted by atomic mass is 127. The lowest BCUT2D eigenvalue weighted by Gasteiger charge is -2.14. The van der Waals surface area contributed by atoms with Crippen LogP contribution < -0.4 is 16.0 Å². The Bertz CT molecular complexity index is 685. The second-order valence-corrected chi connectivity index (χ2v) is 6.24. The van der Waals surface area contributed by atoms with E-state index >= 15 is 0 Å². The van der Waals surface area contributed by atoms with Gasteiger partial charge >= 0.3 is 0 Å². The first kappa shape index (κ1) is 21.5. The molecule has 0 amide bonds. The van der Waals surface area contributed by atoms with Crippen LogP contribution in [0.4, 0.5) is 5.82 Å². The molecule has 0 radical (unpaired) electrons. The Labute approximate surface area is 168 Å². The first-order valence-corrected chi connectivity index (χ1v) is 8.71. The average molecular weight is 455 g/mol. The summed E-state index contributed by atoms with van der Waals surface area (Å²) in [6.07, 6.45) is 4.88. The molecule has 0 fully saturated rings. The molecule has 1 aromatic carbocycles. The number of hydrogen-bond donors (Lipinski definition) is 2. The van der Waals surface area contributed by atoms with Crippen LogP contribution in [0, 0.1) is 0 Å². The highest BCUT2D eigenvalue weighted by Crippen LogP contribution is 2.22. The number of para-hydroxylation sites is 1. The number of unbranched alkanes of at least 4 members (excludes halogenated alkanes) is 3. The topological polar surface area (TPSA) is 66.5 Å². The second-order valence-electron chi connectivity index (χ2n) is 6.24. The van der Waals surface area contributed by atoms with Gasteiger partial charge in [0.05, 0.1) is 12.1 Å². The maximum Gasteiger partial charge on any atom is 0.188 e. The summed E-state index contributed by atoms with van der Waals surface area (Å²) in [6.45, 7) is 3.65. The summed E-state index contributed by atoms with van der Waals surface area (Å²) in [6, 6.07) is 10.2. The van der Waals surface area contributed by atoms with Crippen molar-refractivity contribution in [1.29, 1.82) is 0 Å². The summed E-state index contributed by atoms with van der Waals surface area (Å²) >= 11 is 0. The van der Waals surface area contributed by atoms with E-state index in [-0.39, 0.29) is 24.0 Å². The van der Waals surface area contributed by atoms with Crippen molar-refractivity contribution in [2.24, 2.45) is 10.7 Å². The van der Waals surface area contributed by atoms with Gasteiger partial charge in [0.1, 0.15) is 5.82 Å². The molecular formula is C19H30IN5. The Morgan fingerprint density at radius 3 is 2.68 bits per heavy atom. The van der Waals surface area contributed by atoms with E-state index in [1.54, 1.807) is 0 Å². The number of nitrogens with one attached hydrogen (secondary N) is 1. The molecule has 0 aliphatic carbocycles. The maximum absolute atomic E-state index is 5.99. The third-order valence-electron chi connectivity index (χ3n) is 4.00. The number of rotatable bonds is 8. The molecule has 5 nitrogen and oxygen atoms in total. The monoisotopic (exact) mass is 455 g/mol. The van der Waals surface area contributed by atoms with Crippen LogP contribution in [-0.2, 0) is 6.54 Å². The van der Waals surface area contributed by atoms with E-state index in [0.29, 0.717) is 12.5 Å². The molecule has 0 saturated carbocycles. The van der Waals surface area contributed by atoms with Gasteiger partial charge in [0.2, 0.25) is 0 Å². The fourth-order valence-electron chi connectivity index (χ4n) is 2.59. The largest absolute Gasteiger partial charge is 0.370 e. The zero-order chi connectivity index (χ0) is 17.4. The molecule has 0 aliphatic heterocycles. The third-order valence-corrected chi connectivity index (χ3v) is 4.00. The predicted octanol–water partition coefficient (Wildman–Crippen LogP) is 3.90. The number of pyridine rings is 1. The molecule has 2 rings (SSSR count). The van der Waals surface area contributed by atoms with Crippen LogP contribution >= 0.6 is 24.0 Å². The van der Waals surface area contributed by atoms with Crippen LogP contribution in [0.2, 0.25) is 0 Å². The third kappa shape index (κ3) is 6.68. The van der Waals surface area contributed by atoms with Crippen molar-refractivity contribution < 1.29 is 0 Å². The van der Waals surface area contributed by atoms with Gasteiger partial charge in [-0.1, -0.05) is 44.4 Å². The molecule has 0 unspecified atom stereocenters. The van der Waals surface area contributed by atoms with Crippen LogP contribution in [0.15, 0.2) is 35.3 Å². The van der Waals surface area contributed by atoms with E-state index in [2.05, 4.69) is 34.3 Å². The zero-order valence-electron chi connectivity index (χ0n) is 15.5. The van der Waals surface area contributed by atoms with Gasteiger partial charge in [0.25, 0.3) is 0 Å². The number of nitrogens with two attached hydrogens (primary N) is 1. The van der Waals surface area contributed by atoms with Gasteiger partial charge in [0, 0.05) is 26.0 Å². The lowest BCUT2D eigenvalue weighted by atomic mass is 10.1. The molecule has 0 bridgehead atoms. The standard InChI is InChI=1S/C19H29N5.HI/c1-4-5-6-9-12-21-19(20)22-14-15-13-18(24(2)3)23-17-11-8-7-10-16(15)17;/h7-8,10-11,13H,4-6,9,12,14H2,1-3H3,(H3,20,21,22);1H. The van der Waals surface area contributed by atoms with Gasteiger partial charge in [-0.25, -0.2) is 9.98 Å². The van der Waals surface area contributed by atoms with Crippen LogP contribution in [0.25, 0.3) is 10.9 Å². The Balaban J connectivity index is 0.00000312. The first-order valence-electron chi connectivity index (χ1n) is 8.71. The van der Waals surface area contributed by atoms with Crippen molar-refractivity contribution in [3.63, 3.8) is 0 Å². The summed E-state index contributed by atoms with van der Waals surface area (Å²) in [5, 5.41) is 4.33. The molecule has 0 atom stereocenters. The smallest absolute Gasteiger partial charge is 0.188 e. The normalized spacial score (nSPS) is 11.2. The van der Waals surface area contributed by atoms with Crippen molar-refractivity contribution in [2.75, 3.05) is 25.5 Å². The van der Waals surface area contributed by atoms with Crippen molar-refractivity contribution >= 4 is 46.7 Å². The quantitative estimate of drug-likeness (QED) is 0.274. The molecule has 0 spiro atoms. The molecular weight excluding hydrogens is 425 g/mol. The summed E-state index contributed by atoms with van der Waals surface area (Å²) in [5.41, 5.74) is 8.12. The minimum absolute atomic E-state index is 0. The van der Waals surface area contributed by atoms with Gasteiger partial charge in [-0.15, -0.1) is 24.0 Å². The number of halogens is 1. The van der Waals surface area contributed by atoms with Crippen molar-refractivity contribution in [1.82, 2.24) is 10.3 Å². The van der Waals surface area contributed by atoms with Crippen LogP contribution in [0.3, 0.4) is 0 Å². The van der Waals surface area contributed by atoms with Gasteiger partial charge in [0.15, 0.2) is 5.96 Å². The van der Waals surface area contributed by atoms with Crippen LogP contribution in [0.1, 0.15) is 38.2 Å². The van der Waals surface area contributed by atoms with E-state index in [0.717, 1.165) is 35.2 Å². The predicted molar refractivity (Wildman–Crippen MR) is 119 cm³/mol. The molecule has 0 aliphatic rings. The Morgan fingerprint density at radius 2 is 1.96 bits per heavy atom. The van der Waals surface area contributed by atoms with E-state index < -0.39 is 0 Å². The van der Waals surface area contributed by atoms with Gasteiger partial charge in [-0.3, -0.25) is 0 Å². The molecule has 1 aromatic heterocycles. The number of anilines is 1. The number of nitrogens with zero attached hydrogens (tertiary/aromatic N) is 3. The molecule has 2 aromatic rings. The van der Waals surface area contributed by atoms with Crippen LogP contribution in [-0.4, -0.2) is 31.6 Å². The van der Waals surface area contributed by atoms with Gasteiger partial charge < -0.3 is 16.0 Å². The number of hydrogen-bond acceptors (Lipinski definition) is 3. The number of aliphatic imine (C=N–C) groups is 1. The van der Waals surface area contributed by atoms with Gasteiger partial charge in [-0.2, -0.15) is 0 Å². The SMILES string of the molecule is CCCCCCNC(N)=NCc1cc(N(C)C)nc2ccccc12.I. The molecule has 138 valence electrons. The number of fused-ring (bicyclic) bond motifs is 1. The Morgan fingerprint density at radius 1 is 1.20 bits per heavy atom. The zero-order valence-corrected chi connectivity index (χ0v) is 17.8. The lowest BCUT2D eigenvalue weighted by molar-refractivity contribution is 0.652. The summed E-state index contributed by atoms with van der Waals surface area (Å²) in [7, 11) is 3.99. The Kier molecular flexibility index (Phi) is 9.55. The van der Waals surface area contributed by atoms with E-state index in [1.807, 2.05) is 37.2 Å². The van der Waals surface area contributed by atoms with Gasteiger partial charge in [-0.05, 0) is 24.1 Å². The fraction of sp³-hybridized carbons (Fsp3) is 0.474. The highest BCUT2D eigenvalue weighted by molar-refractivity contribution is 14.0. The first-order chi connectivity index (χ1) is 11.6. The summed E-state index contributed by atoms with van der Waals surface area (Å²) in [5.74, 6) is 1.45. The minimum Gasteiger partial charge on any atom is -0.370 e. The van der Waals surface area contributed by atoms with E-state index in [1.165, 1.54) is 19.3 Å². The summed E-state index contributed by atoms with van der Waals surface area (Å²) in [4.78, 5) is 11.2. The van der Waals surface area contributed by atoms with Crippen molar-refractivity contribution in [2.45, 2.75) is 39.2 Å². The number of guanidine groups is 1. The number of aromatic nitrogens is 1. The second kappa shape index (κ2) is 11.1.